The predicted octanol–water partition coefficient (Wildman–Crippen LogP) is 2.39. The minimum Gasteiger partial charge on any atom is -0.377 e. The van der Waals surface area contributed by atoms with Crippen LogP contribution in [-0.2, 0) is 11.3 Å². The standard InChI is InChI=1S/C20H22N6O4/c1-13-18(14(2)25(23-13)11-15-6-4-3-5-7-15)17-12-30-9-8-24(17)20(27)16-10-21-22-19(16)26(28)29/h3-7,10,17H,8-9,11-12H2,1-2H3,(H,21,22). The number of benzene rings is 1. The van der Waals surface area contributed by atoms with Crippen molar-refractivity contribution in [1.29, 1.82) is 0 Å². The summed E-state index contributed by atoms with van der Waals surface area (Å²) in [6.07, 6.45) is 1.20. The molecule has 1 N–H and O–H groups in total. The smallest absolute Gasteiger partial charge is 0.355 e. The van der Waals surface area contributed by atoms with Crippen LogP contribution in [-0.4, -0.2) is 55.5 Å². The quantitative estimate of drug-likeness (QED) is 0.509. The summed E-state index contributed by atoms with van der Waals surface area (Å²) in [5, 5.41) is 21.9. The van der Waals surface area contributed by atoms with Crippen LogP contribution in [0.25, 0.3) is 0 Å². The number of carbonyl (C=O) groups is 1. The monoisotopic (exact) mass is 410 g/mol. The lowest BCUT2D eigenvalue weighted by Crippen LogP contribution is -2.43. The molecule has 4 rings (SSSR count). The van der Waals surface area contributed by atoms with Gasteiger partial charge in [-0.1, -0.05) is 35.4 Å². The van der Waals surface area contributed by atoms with Gasteiger partial charge in [-0.25, -0.2) is 0 Å². The van der Waals surface area contributed by atoms with Crippen LogP contribution in [0.3, 0.4) is 0 Å². The Labute approximate surface area is 172 Å². The van der Waals surface area contributed by atoms with Crippen molar-refractivity contribution in [3.8, 4) is 0 Å². The molecule has 1 amide bonds. The Bertz CT molecular complexity index is 1070. The van der Waals surface area contributed by atoms with Crippen LogP contribution in [0, 0.1) is 24.0 Å². The zero-order chi connectivity index (χ0) is 21.3. The van der Waals surface area contributed by atoms with Gasteiger partial charge in [0.1, 0.15) is 0 Å². The summed E-state index contributed by atoms with van der Waals surface area (Å²) in [6.45, 7) is 5.48. The van der Waals surface area contributed by atoms with Gasteiger partial charge in [-0.3, -0.25) is 9.48 Å². The lowest BCUT2D eigenvalue weighted by atomic mass is 10.0. The van der Waals surface area contributed by atoms with Gasteiger partial charge < -0.3 is 19.8 Å². The van der Waals surface area contributed by atoms with Gasteiger partial charge >= 0.3 is 5.82 Å². The molecular weight excluding hydrogens is 388 g/mol. The van der Waals surface area contributed by atoms with Crippen molar-refractivity contribution < 1.29 is 14.5 Å². The van der Waals surface area contributed by atoms with Crippen LogP contribution >= 0.6 is 0 Å². The van der Waals surface area contributed by atoms with Crippen LogP contribution in [0.1, 0.15) is 38.9 Å². The molecule has 10 nitrogen and oxygen atoms in total. The highest BCUT2D eigenvalue weighted by molar-refractivity contribution is 5.97. The van der Waals surface area contributed by atoms with Gasteiger partial charge in [-0.15, -0.1) is 5.10 Å². The molecule has 156 valence electrons. The summed E-state index contributed by atoms with van der Waals surface area (Å²) in [6, 6.07) is 9.62. The van der Waals surface area contributed by atoms with E-state index >= 15 is 0 Å². The van der Waals surface area contributed by atoms with E-state index in [-0.39, 0.29) is 11.6 Å². The Hall–Kier alpha value is -3.53. The van der Waals surface area contributed by atoms with Crippen LogP contribution in [0.5, 0.6) is 0 Å². The highest BCUT2D eigenvalue weighted by Crippen LogP contribution is 2.32. The fraction of sp³-hybridized carbons (Fsp3) is 0.350. The number of nitrogens with zero attached hydrogens (tertiary/aromatic N) is 5. The number of aromatic amines is 1. The maximum atomic E-state index is 13.2. The van der Waals surface area contributed by atoms with Gasteiger partial charge in [0.2, 0.25) is 0 Å². The number of nitro groups is 1. The Morgan fingerprint density at radius 3 is 2.83 bits per heavy atom. The van der Waals surface area contributed by atoms with Crippen LogP contribution < -0.4 is 0 Å². The second-order valence-electron chi connectivity index (χ2n) is 7.21. The molecule has 10 heteroatoms. The average molecular weight is 410 g/mol. The number of amides is 1. The van der Waals surface area contributed by atoms with E-state index in [9.17, 15) is 14.9 Å². The maximum Gasteiger partial charge on any atom is 0.355 e. The fourth-order valence-electron chi connectivity index (χ4n) is 3.92. The molecule has 2 aromatic heterocycles. The largest absolute Gasteiger partial charge is 0.377 e. The van der Waals surface area contributed by atoms with Crippen molar-refractivity contribution in [2.75, 3.05) is 19.8 Å². The minimum absolute atomic E-state index is 0.0566. The number of hydrogen-bond donors (Lipinski definition) is 1. The first-order chi connectivity index (χ1) is 14.5. The third-order valence-electron chi connectivity index (χ3n) is 5.37. The summed E-state index contributed by atoms with van der Waals surface area (Å²) in [4.78, 5) is 25.4. The lowest BCUT2D eigenvalue weighted by Gasteiger charge is -2.35. The van der Waals surface area contributed by atoms with E-state index in [2.05, 4.69) is 15.3 Å². The van der Waals surface area contributed by atoms with Gasteiger partial charge in [0.25, 0.3) is 5.91 Å². The molecule has 3 heterocycles. The van der Waals surface area contributed by atoms with Gasteiger partial charge in [-0.05, 0) is 24.3 Å². The van der Waals surface area contributed by atoms with Crippen molar-refractivity contribution in [3.63, 3.8) is 0 Å². The van der Waals surface area contributed by atoms with E-state index in [4.69, 9.17) is 4.74 Å². The summed E-state index contributed by atoms with van der Waals surface area (Å²) >= 11 is 0. The molecule has 0 bridgehead atoms. The van der Waals surface area contributed by atoms with E-state index in [0.29, 0.717) is 26.3 Å². The number of nitrogens with one attached hydrogen (secondary N) is 1. The molecule has 0 saturated carbocycles. The summed E-state index contributed by atoms with van der Waals surface area (Å²) < 4.78 is 7.58. The highest BCUT2D eigenvalue weighted by Gasteiger charge is 2.36. The van der Waals surface area contributed by atoms with E-state index < -0.39 is 16.6 Å². The third-order valence-corrected chi connectivity index (χ3v) is 5.37. The molecule has 1 unspecified atom stereocenters. The van der Waals surface area contributed by atoms with E-state index in [1.54, 1.807) is 4.90 Å². The van der Waals surface area contributed by atoms with Crippen LogP contribution in [0.4, 0.5) is 5.82 Å². The number of ether oxygens (including phenoxy) is 1. The van der Waals surface area contributed by atoms with Crippen LogP contribution in [0.2, 0.25) is 0 Å². The van der Waals surface area contributed by atoms with Gasteiger partial charge in [0, 0.05) is 17.8 Å². The van der Waals surface area contributed by atoms with Crippen molar-refractivity contribution >= 4 is 11.7 Å². The first-order valence-corrected chi connectivity index (χ1v) is 9.61. The van der Waals surface area contributed by atoms with E-state index in [0.717, 1.165) is 22.5 Å². The molecule has 1 aromatic carbocycles. The number of carbonyl (C=O) groups excluding carboxylic acids is 1. The summed E-state index contributed by atoms with van der Waals surface area (Å²) in [5.41, 5.74) is 3.71. The lowest BCUT2D eigenvalue weighted by molar-refractivity contribution is -0.389. The first-order valence-electron chi connectivity index (χ1n) is 9.61. The second-order valence-corrected chi connectivity index (χ2v) is 7.21. The highest BCUT2D eigenvalue weighted by atomic mass is 16.6. The van der Waals surface area contributed by atoms with Crippen molar-refractivity contribution in [3.05, 3.63) is 74.7 Å². The van der Waals surface area contributed by atoms with Gasteiger partial charge in [0.05, 0.1) is 37.7 Å². The molecular formula is C20H22N6O4. The van der Waals surface area contributed by atoms with E-state index in [1.807, 2.05) is 48.9 Å². The topological polar surface area (TPSA) is 119 Å². The average Bonchev–Trinajstić information content (AvgIpc) is 3.34. The first kappa shape index (κ1) is 19.8. The normalized spacial score (nSPS) is 16.6. The number of aryl methyl sites for hydroxylation is 1. The molecule has 3 aromatic rings. The fourth-order valence-corrected chi connectivity index (χ4v) is 3.92. The molecule has 0 radical (unpaired) electrons. The molecule has 30 heavy (non-hydrogen) atoms. The number of aromatic nitrogens is 4. The second kappa shape index (κ2) is 8.07. The Kier molecular flexibility index (Phi) is 5.32. The van der Waals surface area contributed by atoms with Gasteiger partial charge in [0.15, 0.2) is 5.56 Å². The number of rotatable bonds is 5. The van der Waals surface area contributed by atoms with Gasteiger partial charge in [-0.2, -0.15) is 5.10 Å². The Balaban J connectivity index is 1.67. The maximum absolute atomic E-state index is 13.2. The molecule has 0 spiro atoms. The molecule has 1 aliphatic rings. The Morgan fingerprint density at radius 2 is 2.10 bits per heavy atom. The molecule has 0 aliphatic carbocycles. The molecule has 1 aliphatic heterocycles. The van der Waals surface area contributed by atoms with Crippen molar-refractivity contribution in [1.82, 2.24) is 24.9 Å². The predicted molar refractivity (Wildman–Crippen MR) is 107 cm³/mol. The molecule has 1 saturated heterocycles. The van der Waals surface area contributed by atoms with Crippen LogP contribution in [0.15, 0.2) is 36.5 Å². The van der Waals surface area contributed by atoms with Crippen molar-refractivity contribution in [2.45, 2.75) is 26.4 Å². The SMILES string of the molecule is Cc1nn(Cc2ccccc2)c(C)c1C1COCCN1C(=O)c1cn[nH]c1[N+](=O)[O-]. The number of morpholine rings is 1. The van der Waals surface area contributed by atoms with E-state index in [1.165, 1.54) is 6.20 Å². The third kappa shape index (κ3) is 3.57. The Morgan fingerprint density at radius 1 is 1.33 bits per heavy atom. The number of H-pyrrole nitrogens is 1. The zero-order valence-electron chi connectivity index (χ0n) is 16.7. The molecule has 1 atom stereocenters. The molecule has 1 fully saturated rings. The minimum atomic E-state index is -0.635. The number of hydrogen-bond acceptors (Lipinski definition) is 6. The summed E-state index contributed by atoms with van der Waals surface area (Å²) in [7, 11) is 0. The summed E-state index contributed by atoms with van der Waals surface area (Å²) in [5.74, 6) is -0.850. The zero-order valence-corrected chi connectivity index (χ0v) is 16.7. The van der Waals surface area contributed by atoms with Crippen molar-refractivity contribution in [2.24, 2.45) is 0 Å².